The normalized spacial score (nSPS) is 10.7. The second-order valence-electron chi connectivity index (χ2n) is 5.58. The first-order chi connectivity index (χ1) is 13.1. The van der Waals surface area contributed by atoms with Gasteiger partial charge in [0.1, 0.15) is 17.4 Å². The van der Waals surface area contributed by atoms with Gasteiger partial charge < -0.3 is 19.5 Å². The largest absolute Gasteiger partial charge is 0.495 e. The molecule has 0 bridgehead atoms. The number of nitrogens with one attached hydrogen (secondary N) is 1. The van der Waals surface area contributed by atoms with E-state index in [1.54, 1.807) is 49.6 Å². The maximum atomic E-state index is 12.5. The van der Waals surface area contributed by atoms with Gasteiger partial charge in [0.05, 0.1) is 26.5 Å². The van der Waals surface area contributed by atoms with Crippen molar-refractivity contribution < 1.29 is 19.0 Å². The maximum absolute atomic E-state index is 12.5. The fourth-order valence-electron chi connectivity index (χ4n) is 2.36. The van der Waals surface area contributed by atoms with E-state index >= 15 is 0 Å². The lowest BCUT2D eigenvalue weighted by molar-refractivity contribution is -0.112. The van der Waals surface area contributed by atoms with Crippen LogP contribution in [-0.2, 0) is 4.79 Å². The third-order valence-electron chi connectivity index (χ3n) is 3.68. The average Bonchev–Trinajstić information content (AvgIpc) is 2.70. The van der Waals surface area contributed by atoms with Gasteiger partial charge in [0.15, 0.2) is 11.5 Å². The van der Waals surface area contributed by atoms with E-state index in [1.165, 1.54) is 13.2 Å². The molecule has 0 aliphatic rings. The summed E-state index contributed by atoms with van der Waals surface area (Å²) in [4.78, 5) is 12.5. The Morgan fingerprint density at radius 1 is 1.11 bits per heavy atom. The second kappa shape index (κ2) is 9.88. The van der Waals surface area contributed by atoms with Crippen LogP contribution in [-0.4, -0.2) is 26.7 Å². The Morgan fingerprint density at radius 3 is 2.52 bits per heavy atom. The standard InChI is InChI=1S/C21H22N2O4/c1-4-11-27-20-13-15(9-10-19(20)26-3)12-16(14-22)21(24)23-17-7-5-6-8-18(17)25-2/h5-10,12-13H,4,11H2,1-3H3,(H,23,24)/b16-12+. The van der Waals surface area contributed by atoms with Crippen molar-refractivity contribution in [1.82, 2.24) is 0 Å². The maximum Gasteiger partial charge on any atom is 0.266 e. The first kappa shape index (κ1) is 19.9. The number of methoxy groups -OCH3 is 2. The first-order valence-electron chi connectivity index (χ1n) is 8.50. The van der Waals surface area contributed by atoms with E-state index in [0.29, 0.717) is 35.1 Å². The van der Waals surface area contributed by atoms with Crippen LogP contribution in [0, 0.1) is 11.3 Å². The van der Waals surface area contributed by atoms with E-state index in [9.17, 15) is 10.1 Å². The zero-order chi connectivity index (χ0) is 19.6. The summed E-state index contributed by atoms with van der Waals surface area (Å²) in [5.74, 6) is 1.16. The molecule has 2 rings (SSSR count). The number of anilines is 1. The topological polar surface area (TPSA) is 80.6 Å². The zero-order valence-electron chi connectivity index (χ0n) is 15.6. The minimum Gasteiger partial charge on any atom is -0.495 e. The molecule has 6 nitrogen and oxygen atoms in total. The van der Waals surface area contributed by atoms with Crippen LogP contribution in [0.1, 0.15) is 18.9 Å². The molecule has 0 aromatic heterocycles. The molecule has 6 heteroatoms. The molecule has 140 valence electrons. The summed E-state index contributed by atoms with van der Waals surface area (Å²) in [5, 5.41) is 12.1. The van der Waals surface area contributed by atoms with E-state index < -0.39 is 5.91 Å². The summed E-state index contributed by atoms with van der Waals surface area (Å²) in [6, 6.07) is 14.2. The second-order valence-corrected chi connectivity index (χ2v) is 5.58. The molecule has 0 aliphatic heterocycles. The summed E-state index contributed by atoms with van der Waals surface area (Å²) >= 11 is 0. The van der Waals surface area contributed by atoms with Gasteiger partial charge >= 0.3 is 0 Å². The number of amides is 1. The molecule has 0 saturated carbocycles. The Kier molecular flexibility index (Phi) is 7.26. The lowest BCUT2D eigenvalue weighted by Crippen LogP contribution is -2.14. The van der Waals surface area contributed by atoms with Crippen LogP contribution in [0.3, 0.4) is 0 Å². The number of nitrogens with zero attached hydrogens (tertiary/aromatic N) is 1. The Morgan fingerprint density at radius 2 is 1.85 bits per heavy atom. The number of rotatable bonds is 8. The molecule has 0 heterocycles. The summed E-state index contributed by atoms with van der Waals surface area (Å²) in [6.45, 7) is 2.55. The van der Waals surface area contributed by atoms with Crippen molar-refractivity contribution in [2.75, 3.05) is 26.1 Å². The monoisotopic (exact) mass is 366 g/mol. The van der Waals surface area contributed by atoms with Gasteiger partial charge in [-0.25, -0.2) is 0 Å². The van der Waals surface area contributed by atoms with Crippen LogP contribution in [0.5, 0.6) is 17.2 Å². The van der Waals surface area contributed by atoms with Crippen LogP contribution in [0.25, 0.3) is 6.08 Å². The van der Waals surface area contributed by atoms with Crippen molar-refractivity contribution in [2.45, 2.75) is 13.3 Å². The predicted molar refractivity (Wildman–Crippen MR) is 104 cm³/mol. The van der Waals surface area contributed by atoms with E-state index in [-0.39, 0.29) is 5.57 Å². The molecule has 1 amide bonds. The minimum atomic E-state index is -0.520. The van der Waals surface area contributed by atoms with Gasteiger partial charge in [-0.3, -0.25) is 4.79 Å². The zero-order valence-corrected chi connectivity index (χ0v) is 15.6. The smallest absolute Gasteiger partial charge is 0.266 e. The summed E-state index contributed by atoms with van der Waals surface area (Å²) < 4.78 is 16.2. The SMILES string of the molecule is CCCOc1cc(/C=C(\C#N)C(=O)Nc2ccccc2OC)ccc1OC. The van der Waals surface area contributed by atoms with Gasteiger partial charge in [-0.05, 0) is 42.3 Å². The molecule has 0 fully saturated rings. The van der Waals surface area contributed by atoms with Crippen molar-refractivity contribution in [3.8, 4) is 23.3 Å². The fraction of sp³-hybridized carbons (Fsp3) is 0.238. The molecule has 0 aliphatic carbocycles. The fourth-order valence-corrected chi connectivity index (χ4v) is 2.36. The molecule has 0 atom stereocenters. The summed E-state index contributed by atoms with van der Waals surface area (Å²) in [5.41, 5.74) is 1.12. The molecular formula is C21H22N2O4. The number of carbonyl (C=O) groups is 1. The molecule has 27 heavy (non-hydrogen) atoms. The van der Waals surface area contributed by atoms with Crippen molar-refractivity contribution in [3.05, 3.63) is 53.6 Å². The number of hydrogen-bond donors (Lipinski definition) is 1. The van der Waals surface area contributed by atoms with Crippen LogP contribution in [0.4, 0.5) is 5.69 Å². The third kappa shape index (κ3) is 5.25. The van der Waals surface area contributed by atoms with Gasteiger partial charge in [0, 0.05) is 0 Å². The highest BCUT2D eigenvalue weighted by atomic mass is 16.5. The number of para-hydroxylation sites is 2. The number of hydrogen-bond acceptors (Lipinski definition) is 5. The number of ether oxygens (including phenoxy) is 3. The third-order valence-corrected chi connectivity index (χ3v) is 3.68. The molecule has 1 N–H and O–H groups in total. The van der Waals surface area contributed by atoms with Crippen molar-refractivity contribution in [3.63, 3.8) is 0 Å². The molecule has 2 aromatic rings. The highest BCUT2D eigenvalue weighted by molar-refractivity contribution is 6.10. The number of carbonyl (C=O) groups excluding carboxylic acids is 1. The van der Waals surface area contributed by atoms with E-state index in [2.05, 4.69) is 5.32 Å². The lowest BCUT2D eigenvalue weighted by Gasteiger charge is -2.11. The summed E-state index contributed by atoms with van der Waals surface area (Å²) in [6.07, 6.45) is 2.36. The lowest BCUT2D eigenvalue weighted by atomic mass is 10.1. The van der Waals surface area contributed by atoms with Gasteiger partial charge in [-0.15, -0.1) is 0 Å². The molecule has 0 radical (unpaired) electrons. The summed E-state index contributed by atoms with van der Waals surface area (Å²) in [7, 11) is 3.08. The molecule has 2 aromatic carbocycles. The number of nitriles is 1. The quantitative estimate of drug-likeness (QED) is 0.563. The predicted octanol–water partition coefficient (Wildman–Crippen LogP) is 4.04. The van der Waals surface area contributed by atoms with Crippen LogP contribution < -0.4 is 19.5 Å². The average molecular weight is 366 g/mol. The molecule has 0 unspecified atom stereocenters. The highest BCUT2D eigenvalue weighted by Gasteiger charge is 2.13. The Balaban J connectivity index is 2.27. The highest BCUT2D eigenvalue weighted by Crippen LogP contribution is 2.29. The van der Waals surface area contributed by atoms with Crippen LogP contribution in [0.15, 0.2) is 48.0 Å². The Labute approximate surface area is 159 Å². The van der Waals surface area contributed by atoms with E-state index in [1.807, 2.05) is 13.0 Å². The van der Waals surface area contributed by atoms with Crippen LogP contribution >= 0.6 is 0 Å². The van der Waals surface area contributed by atoms with Crippen molar-refractivity contribution in [2.24, 2.45) is 0 Å². The Hall–Kier alpha value is -3.46. The Bertz CT molecular complexity index is 869. The molecule has 0 saturated heterocycles. The van der Waals surface area contributed by atoms with E-state index in [4.69, 9.17) is 14.2 Å². The van der Waals surface area contributed by atoms with Gasteiger partial charge in [0.25, 0.3) is 5.91 Å². The minimum absolute atomic E-state index is 0.0347. The van der Waals surface area contributed by atoms with Crippen LogP contribution in [0.2, 0.25) is 0 Å². The first-order valence-corrected chi connectivity index (χ1v) is 8.50. The van der Waals surface area contributed by atoms with Gasteiger partial charge in [0.2, 0.25) is 0 Å². The molecule has 0 spiro atoms. The van der Waals surface area contributed by atoms with Gasteiger partial charge in [-0.1, -0.05) is 25.1 Å². The van der Waals surface area contributed by atoms with Gasteiger partial charge in [-0.2, -0.15) is 5.26 Å². The van der Waals surface area contributed by atoms with E-state index in [0.717, 1.165) is 6.42 Å². The van der Waals surface area contributed by atoms with Crippen molar-refractivity contribution in [1.29, 1.82) is 5.26 Å². The van der Waals surface area contributed by atoms with Crippen molar-refractivity contribution >= 4 is 17.7 Å². The number of benzene rings is 2. The molecular weight excluding hydrogens is 344 g/mol.